The second-order valence-electron chi connectivity index (χ2n) is 4.59. The third-order valence-electron chi connectivity index (χ3n) is 3.21. The highest BCUT2D eigenvalue weighted by molar-refractivity contribution is 5.18. The molecule has 1 N–H and O–H groups in total. The largest absolute Gasteiger partial charge is 0.337 e. The monoisotopic (exact) mass is 243 g/mol. The molecule has 1 unspecified atom stereocenters. The molecule has 96 valence electrons. The van der Waals surface area contributed by atoms with E-state index < -0.39 is 0 Å². The van der Waals surface area contributed by atoms with Crippen molar-refractivity contribution in [3.05, 3.63) is 54.1 Å². The van der Waals surface area contributed by atoms with Crippen LogP contribution in [0, 0.1) is 0 Å². The zero-order valence-electron chi connectivity index (χ0n) is 11.1. The van der Waals surface area contributed by atoms with Gasteiger partial charge in [-0.1, -0.05) is 43.7 Å². The standard InChI is InChI=1S/C15H21N3/c1-3-7-14(13-8-5-4-6-9-13)17-12-15-16-10-11-18(15)2/h4-6,8-11,14,17H,3,7,12H2,1-2H3. The lowest BCUT2D eigenvalue weighted by Gasteiger charge is -2.18. The van der Waals surface area contributed by atoms with Gasteiger partial charge in [-0.2, -0.15) is 0 Å². The smallest absolute Gasteiger partial charge is 0.122 e. The minimum Gasteiger partial charge on any atom is -0.337 e. The fourth-order valence-electron chi connectivity index (χ4n) is 2.14. The average Bonchev–Trinajstić information content (AvgIpc) is 2.81. The molecule has 3 nitrogen and oxygen atoms in total. The van der Waals surface area contributed by atoms with E-state index in [-0.39, 0.29) is 0 Å². The van der Waals surface area contributed by atoms with Gasteiger partial charge in [0, 0.05) is 25.5 Å². The quantitative estimate of drug-likeness (QED) is 0.845. The molecule has 18 heavy (non-hydrogen) atoms. The predicted octanol–water partition coefficient (Wildman–Crippen LogP) is 3.05. The van der Waals surface area contributed by atoms with Crippen LogP contribution in [0.3, 0.4) is 0 Å². The molecule has 0 spiro atoms. The highest BCUT2D eigenvalue weighted by Gasteiger charge is 2.10. The van der Waals surface area contributed by atoms with Crippen molar-refractivity contribution in [3.63, 3.8) is 0 Å². The van der Waals surface area contributed by atoms with Gasteiger partial charge in [0.15, 0.2) is 0 Å². The first-order valence-corrected chi connectivity index (χ1v) is 6.55. The van der Waals surface area contributed by atoms with Crippen LogP contribution in [0.5, 0.6) is 0 Å². The number of aromatic nitrogens is 2. The van der Waals surface area contributed by atoms with Gasteiger partial charge in [0.25, 0.3) is 0 Å². The Bertz CT molecular complexity index is 462. The van der Waals surface area contributed by atoms with Gasteiger partial charge in [-0.25, -0.2) is 4.98 Å². The van der Waals surface area contributed by atoms with E-state index in [2.05, 4.69) is 52.1 Å². The Labute approximate surface area is 109 Å². The number of imidazole rings is 1. The van der Waals surface area contributed by atoms with Crippen molar-refractivity contribution in [2.24, 2.45) is 7.05 Å². The highest BCUT2D eigenvalue weighted by Crippen LogP contribution is 2.18. The first-order valence-electron chi connectivity index (χ1n) is 6.55. The van der Waals surface area contributed by atoms with Crippen LogP contribution in [0.1, 0.15) is 37.2 Å². The van der Waals surface area contributed by atoms with Crippen molar-refractivity contribution in [2.45, 2.75) is 32.4 Å². The number of hydrogen-bond acceptors (Lipinski definition) is 2. The summed E-state index contributed by atoms with van der Waals surface area (Å²) in [5.74, 6) is 1.08. The highest BCUT2D eigenvalue weighted by atomic mass is 15.1. The van der Waals surface area contributed by atoms with Crippen molar-refractivity contribution in [2.75, 3.05) is 0 Å². The summed E-state index contributed by atoms with van der Waals surface area (Å²) in [4.78, 5) is 4.34. The third kappa shape index (κ3) is 3.20. The molecule has 1 aromatic carbocycles. The van der Waals surface area contributed by atoms with Crippen LogP contribution in [0.25, 0.3) is 0 Å². The Morgan fingerprint density at radius 3 is 2.67 bits per heavy atom. The molecule has 1 heterocycles. The van der Waals surface area contributed by atoms with Gasteiger partial charge in [0.05, 0.1) is 6.54 Å². The summed E-state index contributed by atoms with van der Waals surface area (Å²) in [6.45, 7) is 3.03. The third-order valence-corrected chi connectivity index (χ3v) is 3.21. The van der Waals surface area contributed by atoms with Gasteiger partial charge < -0.3 is 9.88 Å². The minimum atomic E-state index is 0.410. The van der Waals surface area contributed by atoms with Gasteiger partial charge in [0.2, 0.25) is 0 Å². The molecule has 0 aliphatic heterocycles. The van der Waals surface area contributed by atoms with E-state index in [0.717, 1.165) is 18.8 Å². The van der Waals surface area contributed by atoms with Gasteiger partial charge in [0.1, 0.15) is 5.82 Å². The van der Waals surface area contributed by atoms with Crippen molar-refractivity contribution < 1.29 is 0 Å². The Morgan fingerprint density at radius 2 is 2.06 bits per heavy atom. The van der Waals surface area contributed by atoms with Crippen LogP contribution >= 0.6 is 0 Å². The van der Waals surface area contributed by atoms with Crippen LogP contribution in [0.2, 0.25) is 0 Å². The van der Waals surface area contributed by atoms with Crippen molar-refractivity contribution in [1.82, 2.24) is 14.9 Å². The van der Waals surface area contributed by atoms with E-state index in [1.807, 2.05) is 19.4 Å². The van der Waals surface area contributed by atoms with E-state index in [9.17, 15) is 0 Å². The van der Waals surface area contributed by atoms with Crippen molar-refractivity contribution in [1.29, 1.82) is 0 Å². The summed E-state index contributed by atoms with van der Waals surface area (Å²) in [5.41, 5.74) is 1.36. The maximum Gasteiger partial charge on any atom is 0.122 e. The van der Waals surface area contributed by atoms with Crippen molar-refractivity contribution in [3.8, 4) is 0 Å². The van der Waals surface area contributed by atoms with Crippen LogP contribution in [-0.4, -0.2) is 9.55 Å². The normalized spacial score (nSPS) is 12.6. The fraction of sp³-hybridized carbons (Fsp3) is 0.400. The van der Waals surface area contributed by atoms with E-state index in [1.54, 1.807) is 0 Å². The summed E-state index contributed by atoms with van der Waals surface area (Å²) < 4.78 is 2.06. The first-order chi connectivity index (χ1) is 8.81. The number of benzene rings is 1. The maximum atomic E-state index is 4.34. The molecule has 0 bridgehead atoms. The molecule has 0 amide bonds. The topological polar surface area (TPSA) is 29.9 Å². The minimum absolute atomic E-state index is 0.410. The molecule has 0 radical (unpaired) electrons. The lowest BCUT2D eigenvalue weighted by Crippen LogP contribution is -2.22. The van der Waals surface area contributed by atoms with E-state index in [4.69, 9.17) is 0 Å². The maximum absolute atomic E-state index is 4.34. The van der Waals surface area contributed by atoms with Gasteiger partial charge in [-0.15, -0.1) is 0 Å². The molecule has 0 aliphatic carbocycles. The summed E-state index contributed by atoms with van der Waals surface area (Å²) in [6.07, 6.45) is 6.14. The Kier molecular flexibility index (Phi) is 4.53. The number of nitrogens with one attached hydrogen (secondary N) is 1. The Hall–Kier alpha value is -1.61. The lowest BCUT2D eigenvalue weighted by molar-refractivity contribution is 0.480. The fourth-order valence-corrected chi connectivity index (χ4v) is 2.14. The van der Waals surface area contributed by atoms with Crippen molar-refractivity contribution >= 4 is 0 Å². The van der Waals surface area contributed by atoms with Gasteiger partial charge in [-0.3, -0.25) is 0 Å². The summed E-state index contributed by atoms with van der Waals surface area (Å²) >= 11 is 0. The molecule has 1 atom stereocenters. The second-order valence-corrected chi connectivity index (χ2v) is 4.59. The van der Waals surface area contributed by atoms with Gasteiger partial charge in [-0.05, 0) is 12.0 Å². The van der Waals surface area contributed by atoms with Crippen LogP contribution < -0.4 is 5.32 Å². The van der Waals surface area contributed by atoms with E-state index >= 15 is 0 Å². The SMILES string of the molecule is CCCC(NCc1nccn1C)c1ccccc1. The Morgan fingerprint density at radius 1 is 1.28 bits per heavy atom. The van der Waals surface area contributed by atoms with E-state index in [0.29, 0.717) is 6.04 Å². The summed E-state index contributed by atoms with van der Waals surface area (Å²) in [5, 5.41) is 3.60. The molecule has 3 heteroatoms. The number of rotatable bonds is 6. The predicted molar refractivity (Wildman–Crippen MR) is 74.1 cm³/mol. The molecule has 2 rings (SSSR count). The number of aryl methyl sites for hydroxylation is 1. The van der Waals surface area contributed by atoms with Crippen LogP contribution in [0.4, 0.5) is 0 Å². The number of nitrogens with zero attached hydrogens (tertiary/aromatic N) is 2. The molecule has 0 saturated carbocycles. The first kappa shape index (κ1) is 12.8. The zero-order valence-corrected chi connectivity index (χ0v) is 11.1. The molecule has 0 aliphatic rings. The number of hydrogen-bond donors (Lipinski definition) is 1. The van der Waals surface area contributed by atoms with E-state index in [1.165, 1.54) is 12.0 Å². The molecule has 0 saturated heterocycles. The van der Waals surface area contributed by atoms with Gasteiger partial charge >= 0.3 is 0 Å². The molecule has 2 aromatic rings. The zero-order chi connectivity index (χ0) is 12.8. The molecular weight excluding hydrogens is 222 g/mol. The molecule has 1 aromatic heterocycles. The molecular formula is C15H21N3. The van der Waals surface area contributed by atoms with Crippen LogP contribution in [-0.2, 0) is 13.6 Å². The Balaban J connectivity index is 2.01. The summed E-state index contributed by atoms with van der Waals surface area (Å²) in [7, 11) is 2.03. The average molecular weight is 243 g/mol. The second kappa shape index (κ2) is 6.36. The lowest BCUT2D eigenvalue weighted by atomic mass is 10.0. The molecule has 0 fully saturated rings. The summed E-state index contributed by atoms with van der Waals surface area (Å²) in [6, 6.07) is 11.0. The van der Waals surface area contributed by atoms with Crippen LogP contribution in [0.15, 0.2) is 42.7 Å².